The maximum atomic E-state index is 12.2. The molecular weight excluding hydrogens is 294 g/mol. The number of benzene rings is 1. The molecule has 0 bridgehead atoms. The van der Waals surface area contributed by atoms with Gasteiger partial charge in [0.2, 0.25) is 0 Å². The summed E-state index contributed by atoms with van der Waals surface area (Å²) in [5, 5.41) is 12.1. The van der Waals surface area contributed by atoms with Crippen molar-refractivity contribution < 1.29 is 13.6 Å². The fourth-order valence-electron chi connectivity index (χ4n) is 2.07. The maximum Gasteiger partial charge on any atom is 0.156 e. The van der Waals surface area contributed by atoms with Crippen molar-refractivity contribution in [2.45, 2.75) is 25.6 Å². The number of thiophene rings is 1. The van der Waals surface area contributed by atoms with Crippen molar-refractivity contribution in [2.75, 3.05) is 5.75 Å². The van der Waals surface area contributed by atoms with Crippen LogP contribution in [0.15, 0.2) is 29.6 Å². The minimum absolute atomic E-state index is 0.00366. The van der Waals surface area contributed by atoms with Crippen LogP contribution >= 0.6 is 11.3 Å². The van der Waals surface area contributed by atoms with Gasteiger partial charge in [-0.25, -0.2) is 13.9 Å². The van der Waals surface area contributed by atoms with Gasteiger partial charge in [-0.1, -0.05) is 19.9 Å². The van der Waals surface area contributed by atoms with Gasteiger partial charge < -0.3 is 5.21 Å². The Morgan fingerprint density at radius 1 is 1.30 bits per heavy atom. The highest BCUT2D eigenvalue weighted by Gasteiger charge is 2.22. The van der Waals surface area contributed by atoms with E-state index in [9.17, 15) is 8.42 Å². The first-order valence-corrected chi connectivity index (χ1v) is 9.17. The number of hydrogen-bond donors (Lipinski definition) is 2. The van der Waals surface area contributed by atoms with Crippen LogP contribution in [0.3, 0.4) is 0 Å². The third-order valence-electron chi connectivity index (χ3n) is 3.31. The van der Waals surface area contributed by atoms with E-state index in [4.69, 9.17) is 5.21 Å². The number of hydrogen-bond acceptors (Lipinski definition) is 5. The van der Waals surface area contributed by atoms with Gasteiger partial charge >= 0.3 is 0 Å². The number of nitrogens with one attached hydrogen (secondary N) is 1. The van der Waals surface area contributed by atoms with Gasteiger partial charge in [-0.3, -0.25) is 0 Å². The lowest BCUT2D eigenvalue weighted by atomic mass is 10.1. The Kier molecular flexibility index (Phi) is 4.80. The lowest BCUT2D eigenvalue weighted by Crippen LogP contribution is -2.38. The number of rotatable bonds is 6. The van der Waals surface area contributed by atoms with Gasteiger partial charge in [0.1, 0.15) is 0 Å². The second kappa shape index (κ2) is 6.22. The summed E-state index contributed by atoms with van der Waals surface area (Å²) in [4.78, 5) is 0. The first kappa shape index (κ1) is 15.4. The molecule has 2 N–H and O–H groups in total. The molecule has 20 heavy (non-hydrogen) atoms. The second-order valence-electron chi connectivity index (χ2n) is 5.33. The average Bonchev–Trinajstić information content (AvgIpc) is 2.82. The average molecular weight is 313 g/mol. The zero-order valence-corrected chi connectivity index (χ0v) is 13.2. The van der Waals surface area contributed by atoms with Crippen LogP contribution in [-0.2, 0) is 15.6 Å². The zero-order chi connectivity index (χ0) is 14.8. The second-order valence-corrected chi connectivity index (χ2v) is 8.38. The third kappa shape index (κ3) is 3.79. The van der Waals surface area contributed by atoms with E-state index in [-0.39, 0.29) is 17.4 Å². The Morgan fingerprint density at radius 3 is 2.70 bits per heavy atom. The summed E-state index contributed by atoms with van der Waals surface area (Å²) in [7, 11) is -3.26. The maximum absolute atomic E-state index is 12.2. The van der Waals surface area contributed by atoms with Crippen molar-refractivity contribution in [3.05, 3.63) is 35.2 Å². The fourth-order valence-corrected chi connectivity index (χ4v) is 4.65. The zero-order valence-electron chi connectivity index (χ0n) is 11.5. The van der Waals surface area contributed by atoms with Crippen LogP contribution in [0, 0.1) is 5.92 Å². The van der Waals surface area contributed by atoms with E-state index in [1.54, 1.807) is 11.3 Å². The molecule has 1 aromatic carbocycles. The van der Waals surface area contributed by atoms with E-state index in [0.717, 1.165) is 15.6 Å². The van der Waals surface area contributed by atoms with Crippen LogP contribution in [0.25, 0.3) is 10.1 Å². The quantitative estimate of drug-likeness (QED) is 0.805. The summed E-state index contributed by atoms with van der Waals surface area (Å²) in [6.45, 7) is 3.75. The highest BCUT2D eigenvalue weighted by molar-refractivity contribution is 7.90. The van der Waals surface area contributed by atoms with Gasteiger partial charge in [0.15, 0.2) is 9.84 Å². The molecule has 2 rings (SSSR count). The van der Waals surface area contributed by atoms with Crippen LogP contribution in [0.1, 0.15) is 19.4 Å². The van der Waals surface area contributed by atoms with Crippen LogP contribution < -0.4 is 5.48 Å². The highest BCUT2D eigenvalue weighted by Crippen LogP contribution is 2.23. The topological polar surface area (TPSA) is 66.4 Å². The predicted octanol–water partition coefficient (Wildman–Crippen LogP) is 2.82. The van der Waals surface area contributed by atoms with Crippen LogP contribution in [-0.4, -0.2) is 25.4 Å². The van der Waals surface area contributed by atoms with Crippen molar-refractivity contribution in [2.24, 2.45) is 5.92 Å². The molecule has 0 amide bonds. The van der Waals surface area contributed by atoms with Crippen molar-refractivity contribution in [3.8, 4) is 0 Å². The molecule has 0 spiro atoms. The Bertz CT molecular complexity index is 677. The van der Waals surface area contributed by atoms with Gasteiger partial charge in [0.25, 0.3) is 0 Å². The third-order valence-corrected chi connectivity index (χ3v) is 5.85. The summed E-state index contributed by atoms with van der Waals surface area (Å²) < 4.78 is 25.6. The summed E-state index contributed by atoms with van der Waals surface area (Å²) in [5.74, 6) is -0.0128. The Balaban J connectivity index is 2.14. The Morgan fingerprint density at radius 2 is 2.05 bits per heavy atom. The monoisotopic (exact) mass is 313 g/mol. The standard InChI is InChI=1S/C14H19NO3S2/c1-10(2)13(15-16)9-20(17,18)8-11-3-4-14-12(7-11)5-6-19-14/h3-7,10,13,15-16H,8-9H2,1-2H3. The van der Waals surface area contributed by atoms with Crippen LogP contribution in [0.4, 0.5) is 0 Å². The van der Waals surface area contributed by atoms with Gasteiger partial charge in [0, 0.05) is 10.7 Å². The molecule has 0 aliphatic heterocycles. The Hall–Kier alpha value is -0.950. The van der Waals surface area contributed by atoms with Crippen LogP contribution in [0.2, 0.25) is 0 Å². The largest absolute Gasteiger partial charge is 0.317 e. The van der Waals surface area contributed by atoms with Crippen molar-refractivity contribution in [3.63, 3.8) is 0 Å². The lowest BCUT2D eigenvalue weighted by Gasteiger charge is -2.18. The highest BCUT2D eigenvalue weighted by atomic mass is 32.2. The summed E-state index contributed by atoms with van der Waals surface area (Å²) in [6.07, 6.45) is 0. The number of hydroxylamine groups is 1. The predicted molar refractivity (Wildman–Crippen MR) is 82.9 cm³/mol. The fraction of sp³-hybridized carbons (Fsp3) is 0.429. The van der Waals surface area contributed by atoms with Gasteiger partial charge in [-0.15, -0.1) is 11.3 Å². The summed E-state index contributed by atoms with van der Waals surface area (Å²) in [6, 6.07) is 7.27. The van der Waals surface area contributed by atoms with Gasteiger partial charge in [-0.2, -0.15) is 0 Å². The molecule has 110 valence electrons. The first-order valence-electron chi connectivity index (χ1n) is 6.47. The molecular formula is C14H19NO3S2. The molecule has 0 fully saturated rings. The van der Waals surface area contributed by atoms with E-state index in [1.165, 1.54) is 0 Å². The van der Waals surface area contributed by atoms with E-state index < -0.39 is 15.9 Å². The molecule has 1 heterocycles. The molecule has 0 saturated heterocycles. The lowest BCUT2D eigenvalue weighted by molar-refractivity contribution is 0.114. The molecule has 0 radical (unpaired) electrons. The number of sulfone groups is 1. The smallest absolute Gasteiger partial charge is 0.156 e. The van der Waals surface area contributed by atoms with E-state index in [1.807, 2.05) is 43.5 Å². The molecule has 1 aromatic heterocycles. The molecule has 2 aromatic rings. The number of fused-ring (bicyclic) bond motifs is 1. The SMILES string of the molecule is CC(C)C(CS(=O)(=O)Cc1ccc2sccc2c1)NO. The van der Waals surface area contributed by atoms with E-state index in [2.05, 4.69) is 5.48 Å². The van der Waals surface area contributed by atoms with E-state index in [0.29, 0.717) is 0 Å². The van der Waals surface area contributed by atoms with Crippen molar-refractivity contribution in [1.82, 2.24) is 5.48 Å². The van der Waals surface area contributed by atoms with Crippen molar-refractivity contribution >= 4 is 31.3 Å². The molecule has 0 aliphatic rings. The minimum atomic E-state index is -3.26. The minimum Gasteiger partial charge on any atom is -0.317 e. The molecule has 1 unspecified atom stereocenters. The summed E-state index contributed by atoms with van der Waals surface area (Å²) >= 11 is 1.64. The summed E-state index contributed by atoms with van der Waals surface area (Å²) in [5.41, 5.74) is 2.88. The molecule has 1 atom stereocenters. The molecule has 0 aliphatic carbocycles. The molecule has 4 nitrogen and oxygen atoms in total. The first-order chi connectivity index (χ1) is 9.41. The van der Waals surface area contributed by atoms with E-state index >= 15 is 0 Å². The molecule has 0 saturated carbocycles. The Labute approximate surface area is 123 Å². The molecule has 6 heteroatoms. The van der Waals surface area contributed by atoms with Gasteiger partial charge in [0.05, 0.1) is 11.5 Å². The van der Waals surface area contributed by atoms with Crippen LogP contribution in [0.5, 0.6) is 0 Å². The van der Waals surface area contributed by atoms with Crippen molar-refractivity contribution in [1.29, 1.82) is 0 Å². The van der Waals surface area contributed by atoms with Gasteiger partial charge in [-0.05, 0) is 40.4 Å². The normalized spacial score (nSPS) is 14.0.